The molecule has 5 nitrogen and oxygen atoms in total. The minimum absolute atomic E-state index is 0.260. The Kier molecular flexibility index (Phi) is 2.38. The van der Waals surface area contributed by atoms with Gasteiger partial charge in [0.1, 0.15) is 24.4 Å². The van der Waals surface area contributed by atoms with Gasteiger partial charge >= 0.3 is 5.97 Å². The summed E-state index contributed by atoms with van der Waals surface area (Å²) in [7, 11) is 1.25. The monoisotopic (exact) mass is 264 g/mol. The van der Waals surface area contributed by atoms with Crippen molar-refractivity contribution in [2.45, 2.75) is 24.4 Å². The van der Waals surface area contributed by atoms with E-state index in [0.29, 0.717) is 4.48 Å². The molecule has 2 N–H and O–H groups in total. The smallest absolute Gasteiger partial charge is 0.337 e. The Hall–Kier alpha value is -0.430. The van der Waals surface area contributed by atoms with Crippen LogP contribution in [0.3, 0.4) is 0 Å². The third-order valence-electron chi connectivity index (χ3n) is 2.46. The van der Waals surface area contributed by atoms with Gasteiger partial charge in [0.25, 0.3) is 0 Å². The molecule has 0 radical (unpaired) electrons. The van der Waals surface area contributed by atoms with Crippen molar-refractivity contribution in [3.63, 3.8) is 0 Å². The quantitative estimate of drug-likeness (QED) is 0.614. The molecular formula is C8H9BrO5. The molecule has 2 rings (SSSR count). The van der Waals surface area contributed by atoms with Gasteiger partial charge in [-0.2, -0.15) is 0 Å². The predicted molar refractivity (Wildman–Crippen MR) is 48.6 cm³/mol. The summed E-state index contributed by atoms with van der Waals surface area (Å²) in [4.78, 5) is 11.3. The number of rotatable bonds is 1. The van der Waals surface area contributed by atoms with Crippen LogP contribution in [-0.2, 0) is 14.3 Å². The zero-order valence-electron chi connectivity index (χ0n) is 7.31. The van der Waals surface area contributed by atoms with Crippen LogP contribution in [0.5, 0.6) is 0 Å². The lowest BCUT2D eigenvalue weighted by atomic mass is 9.94. The molecule has 0 amide bonds. The molecule has 2 aliphatic heterocycles. The second kappa shape index (κ2) is 3.30. The second-order valence-electron chi connectivity index (χ2n) is 3.21. The first kappa shape index (κ1) is 10.1. The van der Waals surface area contributed by atoms with Crippen molar-refractivity contribution < 1.29 is 24.5 Å². The molecule has 6 heteroatoms. The van der Waals surface area contributed by atoms with Crippen LogP contribution < -0.4 is 0 Å². The highest BCUT2D eigenvalue weighted by Gasteiger charge is 2.54. The number of methoxy groups -OCH3 is 1. The second-order valence-corrected chi connectivity index (χ2v) is 4.07. The van der Waals surface area contributed by atoms with E-state index >= 15 is 0 Å². The maximum atomic E-state index is 11.3. The molecule has 0 saturated carbocycles. The lowest BCUT2D eigenvalue weighted by Crippen LogP contribution is -2.39. The Morgan fingerprint density at radius 1 is 1.43 bits per heavy atom. The van der Waals surface area contributed by atoms with Gasteiger partial charge < -0.3 is 19.7 Å². The Labute approximate surface area is 88.4 Å². The van der Waals surface area contributed by atoms with Crippen LogP contribution in [0.15, 0.2) is 10.1 Å². The van der Waals surface area contributed by atoms with E-state index in [1.807, 2.05) is 0 Å². The Morgan fingerprint density at radius 2 is 2.00 bits per heavy atom. The van der Waals surface area contributed by atoms with E-state index in [9.17, 15) is 15.0 Å². The lowest BCUT2D eigenvalue weighted by molar-refractivity contribution is -0.137. The minimum Gasteiger partial charge on any atom is -0.466 e. The van der Waals surface area contributed by atoms with Gasteiger partial charge in [-0.15, -0.1) is 0 Å². The molecule has 0 aromatic carbocycles. The Bertz CT molecular complexity index is 313. The van der Waals surface area contributed by atoms with Crippen molar-refractivity contribution in [3.8, 4) is 0 Å². The summed E-state index contributed by atoms with van der Waals surface area (Å²) >= 11 is 3.15. The molecule has 14 heavy (non-hydrogen) atoms. The highest BCUT2D eigenvalue weighted by atomic mass is 79.9. The Morgan fingerprint density at radius 3 is 2.50 bits per heavy atom. The van der Waals surface area contributed by atoms with Gasteiger partial charge in [0.05, 0.1) is 12.7 Å². The van der Waals surface area contributed by atoms with Gasteiger partial charge in [-0.25, -0.2) is 4.79 Å². The van der Waals surface area contributed by atoms with Crippen molar-refractivity contribution in [1.82, 2.24) is 0 Å². The molecule has 0 aromatic rings. The van der Waals surface area contributed by atoms with Gasteiger partial charge in [0.15, 0.2) is 0 Å². The minimum atomic E-state index is -1.06. The zero-order chi connectivity index (χ0) is 10.5. The van der Waals surface area contributed by atoms with Crippen molar-refractivity contribution in [3.05, 3.63) is 10.1 Å². The average Bonchev–Trinajstić information content (AvgIpc) is 2.64. The number of halogens is 1. The molecule has 0 aliphatic carbocycles. The molecular weight excluding hydrogens is 256 g/mol. The normalized spacial score (nSPS) is 40.6. The van der Waals surface area contributed by atoms with Gasteiger partial charge in [0.2, 0.25) is 0 Å². The molecule has 0 aromatic heterocycles. The SMILES string of the molecule is COC(=O)C1=C(Br)C2OC1C(O)C2O. The fraction of sp³-hybridized carbons (Fsp3) is 0.625. The number of hydrogen-bond donors (Lipinski definition) is 2. The molecule has 2 heterocycles. The molecule has 2 aliphatic rings. The number of hydrogen-bond acceptors (Lipinski definition) is 5. The van der Waals surface area contributed by atoms with Gasteiger partial charge in [-0.1, -0.05) is 15.9 Å². The van der Waals surface area contributed by atoms with Crippen LogP contribution in [0.25, 0.3) is 0 Å². The first-order chi connectivity index (χ1) is 6.57. The van der Waals surface area contributed by atoms with E-state index in [2.05, 4.69) is 20.7 Å². The molecule has 4 unspecified atom stereocenters. The average molecular weight is 265 g/mol. The van der Waals surface area contributed by atoms with Crippen molar-refractivity contribution in [2.75, 3.05) is 7.11 Å². The zero-order valence-corrected chi connectivity index (χ0v) is 8.89. The van der Waals surface area contributed by atoms with E-state index in [0.717, 1.165) is 0 Å². The van der Waals surface area contributed by atoms with Gasteiger partial charge in [-0.05, 0) is 0 Å². The van der Waals surface area contributed by atoms with E-state index in [1.54, 1.807) is 0 Å². The maximum absolute atomic E-state index is 11.3. The number of fused-ring (bicyclic) bond motifs is 2. The van der Waals surface area contributed by atoms with Crippen molar-refractivity contribution >= 4 is 21.9 Å². The third kappa shape index (κ3) is 1.15. The fourth-order valence-electron chi connectivity index (χ4n) is 1.74. The summed E-state index contributed by atoms with van der Waals surface area (Å²) in [5, 5.41) is 18.9. The van der Waals surface area contributed by atoms with Crippen LogP contribution in [-0.4, -0.2) is 47.7 Å². The maximum Gasteiger partial charge on any atom is 0.337 e. The molecule has 1 fully saturated rings. The lowest BCUT2D eigenvalue weighted by Gasteiger charge is -2.20. The summed E-state index contributed by atoms with van der Waals surface area (Å²) in [6.45, 7) is 0. The largest absolute Gasteiger partial charge is 0.466 e. The summed E-state index contributed by atoms with van der Waals surface area (Å²) in [5.41, 5.74) is 0.260. The Balaban J connectivity index is 2.35. The number of aliphatic hydroxyl groups is 2. The summed E-state index contributed by atoms with van der Waals surface area (Å²) in [6, 6.07) is 0. The number of carbonyl (C=O) groups excluding carboxylic acids is 1. The number of aliphatic hydroxyl groups excluding tert-OH is 2. The highest BCUT2D eigenvalue weighted by molar-refractivity contribution is 9.11. The van der Waals surface area contributed by atoms with Crippen LogP contribution in [0.2, 0.25) is 0 Å². The number of esters is 1. The van der Waals surface area contributed by atoms with E-state index in [-0.39, 0.29) is 5.57 Å². The van der Waals surface area contributed by atoms with E-state index < -0.39 is 30.4 Å². The van der Waals surface area contributed by atoms with Gasteiger partial charge in [-0.3, -0.25) is 0 Å². The van der Waals surface area contributed by atoms with Crippen LogP contribution in [0, 0.1) is 0 Å². The predicted octanol–water partition coefficient (Wildman–Crippen LogP) is -0.689. The molecule has 0 spiro atoms. The standard InChI is InChI=1S/C8H9BrO5/c1-13-8(12)2-3(9)7-5(11)4(10)6(2)14-7/h4-7,10-11H,1H3. The summed E-state index contributed by atoms with van der Waals surface area (Å²) in [6.07, 6.45) is -3.47. The fourth-order valence-corrected chi connectivity index (χ4v) is 2.50. The van der Waals surface area contributed by atoms with Crippen LogP contribution >= 0.6 is 15.9 Å². The van der Waals surface area contributed by atoms with Crippen LogP contribution in [0.4, 0.5) is 0 Å². The molecule has 2 bridgehead atoms. The first-order valence-electron chi connectivity index (χ1n) is 4.07. The summed E-state index contributed by atoms with van der Waals surface area (Å²) < 4.78 is 10.2. The van der Waals surface area contributed by atoms with E-state index in [1.165, 1.54) is 7.11 Å². The molecule has 1 saturated heterocycles. The van der Waals surface area contributed by atoms with Crippen molar-refractivity contribution in [1.29, 1.82) is 0 Å². The molecule has 78 valence electrons. The first-order valence-corrected chi connectivity index (χ1v) is 4.86. The van der Waals surface area contributed by atoms with Gasteiger partial charge in [0, 0.05) is 4.48 Å². The van der Waals surface area contributed by atoms with E-state index in [4.69, 9.17) is 4.74 Å². The number of ether oxygens (including phenoxy) is 2. The summed E-state index contributed by atoms with van der Waals surface area (Å²) in [5.74, 6) is -0.546. The topological polar surface area (TPSA) is 76.0 Å². The third-order valence-corrected chi connectivity index (χ3v) is 3.34. The van der Waals surface area contributed by atoms with Crippen molar-refractivity contribution in [2.24, 2.45) is 0 Å². The molecule has 4 atom stereocenters. The number of carbonyl (C=O) groups is 1. The highest BCUT2D eigenvalue weighted by Crippen LogP contribution is 2.42. The van der Waals surface area contributed by atoms with Crippen LogP contribution in [0.1, 0.15) is 0 Å².